The van der Waals surface area contributed by atoms with E-state index in [0.29, 0.717) is 16.3 Å². The van der Waals surface area contributed by atoms with E-state index in [1.165, 1.54) is 11.8 Å². The van der Waals surface area contributed by atoms with E-state index in [-0.39, 0.29) is 18.7 Å². The number of anilines is 1. The molecule has 118 valence electrons. The highest BCUT2D eigenvalue weighted by atomic mass is 35.5. The van der Waals surface area contributed by atoms with Crippen LogP contribution < -0.4 is 4.90 Å². The highest BCUT2D eigenvalue weighted by Crippen LogP contribution is 2.43. The van der Waals surface area contributed by atoms with Crippen LogP contribution in [0.3, 0.4) is 0 Å². The second kappa shape index (κ2) is 5.80. The molecule has 0 aromatic heterocycles. The van der Waals surface area contributed by atoms with Crippen molar-refractivity contribution in [2.75, 3.05) is 4.90 Å². The summed E-state index contributed by atoms with van der Waals surface area (Å²) < 4.78 is 0. The molecule has 0 saturated heterocycles. The predicted molar refractivity (Wildman–Crippen MR) is 88.3 cm³/mol. The van der Waals surface area contributed by atoms with E-state index in [1.54, 1.807) is 30.3 Å². The standard InChI is InChI=1S/C18H16ClNO3/c1-12(21)10-18(23)14-7-3-5-9-16(14)20(17(18)22)11-13-6-2-4-8-15(13)19/h2-9,23H,10-11H2,1H3/t18-/m0/s1. The van der Waals surface area contributed by atoms with Crippen molar-refractivity contribution < 1.29 is 14.7 Å². The van der Waals surface area contributed by atoms with Gasteiger partial charge in [0.25, 0.3) is 5.91 Å². The first-order valence-corrected chi connectivity index (χ1v) is 7.68. The summed E-state index contributed by atoms with van der Waals surface area (Å²) in [6.07, 6.45) is -0.234. The largest absolute Gasteiger partial charge is 0.375 e. The summed E-state index contributed by atoms with van der Waals surface area (Å²) in [5, 5.41) is 11.4. The fraction of sp³-hybridized carbons (Fsp3) is 0.222. The van der Waals surface area contributed by atoms with Crippen LogP contribution in [0.4, 0.5) is 5.69 Å². The third-order valence-corrected chi connectivity index (χ3v) is 4.40. The van der Waals surface area contributed by atoms with Gasteiger partial charge in [0.15, 0.2) is 5.60 Å². The lowest BCUT2D eigenvalue weighted by atomic mass is 9.90. The number of hydrogen-bond acceptors (Lipinski definition) is 3. The number of rotatable bonds is 4. The smallest absolute Gasteiger partial charge is 0.264 e. The fourth-order valence-electron chi connectivity index (χ4n) is 2.99. The molecule has 23 heavy (non-hydrogen) atoms. The van der Waals surface area contributed by atoms with E-state index < -0.39 is 11.5 Å². The molecular weight excluding hydrogens is 314 g/mol. The van der Waals surface area contributed by atoms with Crippen LogP contribution in [-0.2, 0) is 21.7 Å². The highest BCUT2D eigenvalue weighted by molar-refractivity contribution is 6.31. The third-order valence-electron chi connectivity index (χ3n) is 4.03. The van der Waals surface area contributed by atoms with Crippen LogP contribution in [0.5, 0.6) is 0 Å². The average molecular weight is 330 g/mol. The summed E-state index contributed by atoms with van der Waals surface area (Å²) >= 11 is 6.18. The van der Waals surface area contributed by atoms with Crippen molar-refractivity contribution in [1.29, 1.82) is 0 Å². The zero-order chi connectivity index (χ0) is 16.6. The molecule has 0 saturated carbocycles. The van der Waals surface area contributed by atoms with Gasteiger partial charge in [-0.25, -0.2) is 0 Å². The summed E-state index contributed by atoms with van der Waals surface area (Å²) in [4.78, 5) is 25.8. The van der Waals surface area contributed by atoms with E-state index in [4.69, 9.17) is 11.6 Å². The van der Waals surface area contributed by atoms with E-state index in [1.807, 2.05) is 18.2 Å². The van der Waals surface area contributed by atoms with Gasteiger partial charge in [0, 0.05) is 17.0 Å². The summed E-state index contributed by atoms with van der Waals surface area (Å²) in [5.41, 5.74) is 0.0572. The minimum atomic E-state index is -1.80. The number of halogens is 1. The van der Waals surface area contributed by atoms with Crippen molar-refractivity contribution in [3.63, 3.8) is 0 Å². The maximum Gasteiger partial charge on any atom is 0.264 e. The average Bonchev–Trinajstić information content (AvgIpc) is 2.71. The molecule has 4 nitrogen and oxygen atoms in total. The highest BCUT2D eigenvalue weighted by Gasteiger charge is 2.50. The Morgan fingerprint density at radius 2 is 1.83 bits per heavy atom. The summed E-state index contributed by atoms with van der Waals surface area (Å²) in [6, 6.07) is 14.2. The van der Waals surface area contributed by atoms with E-state index >= 15 is 0 Å². The van der Waals surface area contributed by atoms with Gasteiger partial charge in [-0.1, -0.05) is 48.0 Å². The molecule has 2 aromatic carbocycles. The number of nitrogens with zero attached hydrogens (tertiary/aromatic N) is 1. The van der Waals surface area contributed by atoms with Crippen LogP contribution in [0, 0.1) is 0 Å². The molecule has 1 N–H and O–H groups in total. The van der Waals surface area contributed by atoms with Crippen molar-refractivity contribution in [2.45, 2.75) is 25.5 Å². The molecule has 0 unspecified atom stereocenters. The molecule has 0 spiro atoms. The lowest BCUT2D eigenvalue weighted by molar-refractivity contribution is -0.141. The molecule has 1 atom stereocenters. The molecule has 1 aliphatic heterocycles. The molecule has 0 fully saturated rings. The number of hydrogen-bond donors (Lipinski definition) is 1. The van der Waals surface area contributed by atoms with Crippen LogP contribution in [0.25, 0.3) is 0 Å². The van der Waals surface area contributed by atoms with E-state index in [0.717, 1.165) is 5.56 Å². The van der Waals surface area contributed by atoms with Gasteiger partial charge < -0.3 is 10.0 Å². The molecule has 5 heteroatoms. The minimum Gasteiger partial charge on any atom is -0.375 e. The number of amides is 1. The monoisotopic (exact) mass is 329 g/mol. The molecule has 1 aliphatic rings. The maximum absolute atomic E-state index is 12.8. The number of Topliss-reactive ketones (excluding diaryl/α,β-unsaturated/α-hetero) is 1. The first kappa shape index (κ1) is 15.7. The van der Waals surface area contributed by atoms with Crippen molar-refractivity contribution in [2.24, 2.45) is 0 Å². The summed E-state index contributed by atoms with van der Waals surface area (Å²) in [7, 11) is 0. The Kier molecular flexibility index (Phi) is 3.96. The van der Waals surface area contributed by atoms with Gasteiger partial charge in [0.1, 0.15) is 5.78 Å². The van der Waals surface area contributed by atoms with E-state index in [9.17, 15) is 14.7 Å². The Morgan fingerprint density at radius 1 is 1.17 bits per heavy atom. The second-order valence-electron chi connectivity index (χ2n) is 5.74. The van der Waals surface area contributed by atoms with Gasteiger partial charge in [0.2, 0.25) is 0 Å². The Morgan fingerprint density at radius 3 is 2.52 bits per heavy atom. The third kappa shape index (κ3) is 2.64. The summed E-state index contributed by atoms with van der Waals surface area (Å²) in [6.45, 7) is 1.61. The quantitative estimate of drug-likeness (QED) is 0.938. The minimum absolute atomic E-state index is 0.234. The zero-order valence-electron chi connectivity index (χ0n) is 12.6. The van der Waals surface area contributed by atoms with Crippen molar-refractivity contribution in [1.82, 2.24) is 0 Å². The molecule has 2 aromatic rings. The van der Waals surface area contributed by atoms with Crippen molar-refractivity contribution >= 4 is 29.0 Å². The Bertz CT molecular complexity index is 789. The molecule has 0 aliphatic carbocycles. The predicted octanol–water partition coefficient (Wildman–Crippen LogP) is 3.05. The topological polar surface area (TPSA) is 57.6 Å². The van der Waals surface area contributed by atoms with Gasteiger partial charge in [-0.3, -0.25) is 9.59 Å². The van der Waals surface area contributed by atoms with E-state index in [2.05, 4.69) is 0 Å². The molecule has 0 bridgehead atoms. The normalized spacial score (nSPS) is 19.8. The molecular formula is C18H16ClNO3. The molecule has 3 rings (SSSR count). The molecule has 1 heterocycles. The molecule has 0 radical (unpaired) electrons. The number of carbonyl (C=O) groups is 2. The maximum atomic E-state index is 12.8. The second-order valence-corrected chi connectivity index (χ2v) is 6.15. The summed E-state index contributed by atoms with van der Waals surface area (Å²) in [5.74, 6) is -0.732. The number of benzene rings is 2. The van der Waals surface area contributed by atoms with Gasteiger partial charge in [0.05, 0.1) is 12.2 Å². The SMILES string of the molecule is CC(=O)C[C@@]1(O)C(=O)N(Cc2ccccc2Cl)c2ccccc21. The number of para-hydroxylation sites is 1. The van der Waals surface area contributed by atoms with Crippen LogP contribution in [0.15, 0.2) is 48.5 Å². The Balaban J connectivity index is 2.04. The molecule has 1 amide bonds. The first-order chi connectivity index (χ1) is 10.9. The van der Waals surface area contributed by atoms with Crippen molar-refractivity contribution in [3.05, 3.63) is 64.7 Å². The lowest BCUT2D eigenvalue weighted by Gasteiger charge is -2.22. The fourth-order valence-corrected chi connectivity index (χ4v) is 3.19. The van der Waals surface area contributed by atoms with Crippen LogP contribution >= 0.6 is 11.6 Å². The van der Waals surface area contributed by atoms with Gasteiger partial charge >= 0.3 is 0 Å². The Labute approximate surface area is 139 Å². The lowest BCUT2D eigenvalue weighted by Crippen LogP contribution is -2.41. The number of ketones is 1. The zero-order valence-corrected chi connectivity index (χ0v) is 13.4. The van der Waals surface area contributed by atoms with Crippen LogP contribution in [-0.4, -0.2) is 16.8 Å². The van der Waals surface area contributed by atoms with Crippen LogP contribution in [0.2, 0.25) is 5.02 Å². The van der Waals surface area contributed by atoms with Gasteiger partial charge in [-0.05, 0) is 24.6 Å². The number of fused-ring (bicyclic) bond motifs is 1. The Hall–Kier alpha value is -2.17. The van der Waals surface area contributed by atoms with Crippen molar-refractivity contribution in [3.8, 4) is 0 Å². The van der Waals surface area contributed by atoms with Crippen LogP contribution in [0.1, 0.15) is 24.5 Å². The van der Waals surface area contributed by atoms with Gasteiger partial charge in [-0.2, -0.15) is 0 Å². The first-order valence-electron chi connectivity index (χ1n) is 7.30. The van der Waals surface area contributed by atoms with Gasteiger partial charge in [-0.15, -0.1) is 0 Å². The number of aliphatic hydroxyl groups is 1. The number of carbonyl (C=O) groups excluding carboxylic acids is 2.